The first-order valence-electron chi connectivity index (χ1n) is 5.13. The second-order valence-corrected chi connectivity index (χ2v) is 5.05. The quantitative estimate of drug-likeness (QED) is 0.843. The van der Waals surface area contributed by atoms with Gasteiger partial charge in [-0.25, -0.2) is 4.39 Å². The molecule has 0 heterocycles. The van der Waals surface area contributed by atoms with Crippen LogP contribution in [0.4, 0.5) is 4.39 Å². The highest BCUT2D eigenvalue weighted by Gasteiger charge is 2.44. The fraction of sp³-hybridized carbons (Fsp3) is 0.500. The molecule has 0 amide bonds. The van der Waals surface area contributed by atoms with Crippen molar-refractivity contribution >= 4 is 11.6 Å². The summed E-state index contributed by atoms with van der Waals surface area (Å²) in [7, 11) is 0. The van der Waals surface area contributed by atoms with Gasteiger partial charge in [0.25, 0.3) is 0 Å². The van der Waals surface area contributed by atoms with Crippen molar-refractivity contribution in [1.29, 1.82) is 0 Å². The molecule has 1 nitrogen and oxygen atoms in total. The topological polar surface area (TPSA) is 20.2 Å². The third-order valence-electron chi connectivity index (χ3n) is 3.26. The second-order valence-electron chi connectivity index (χ2n) is 4.61. The Morgan fingerprint density at radius 3 is 2.80 bits per heavy atom. The first-order chi connectivity index (χ1) is 7.01. The van der Waals surface area contributed by atoms with Crippen molar-refractivity contribution in [1.82, 2.24) is 0 Å². The molecule has 1 atom stereocenters. The van der Waals surface area contributed by atoms with E-state index in [2.05, 4.69) is 0 Å². The minimum Gasteiger partial charge on any atom is -0.392 e. The van der Waals surface area contributed by atoms with E-state index in [1.54, 1.807) is 6.07 Å². The van der Waals surface area contributed by atoms with Crippen LogP contribution >= 0.6 is 11.6 Å². The van der Waals surface area contributed by atoms with Crippen LogP contribution < -0.4 is 0 Å². The van der Waals surface area contributed by atoms with E-state index in [4.69, 9.17) is 11.6 Å². The van der Waals surface area contributed by atoms with E-state index in [9.17, 15) is 9.50 Å². The van der Waals surface area contributed by atoms with Crippen LogP contribution in [0.1, 0.15) is 25.3 Å². The second kappa shape index (κ2) is 3.76. The number of aliphatic hydroxyl groups excluding tert-OH is 1. The molecule has 3 heteroatoms. The summed E-state index contributed by atoms with van der Waals surface area (Å²) in [6.45, 7) is 2.03. The minimum absolute atomic E-state index is 0.00520. The molecule has 82 valence electrons. The van der Waals surface area contributed by atoms with Crippen LogP contribution in [-0.4, -0.2) is 11.2 Å². The summed E-state index contributed by atoms with van der Waals surface area (Å²) in [5, 5.41) is 10.4. The Hall–Kier alpha value is -0.600. The van der Waals surface area contributed by atoms with Gasteiger partial charge in [0.2, 0.25) is 0 Å². The molecule has 1 aliphatic carbocycles. The number of benzene rings is 1. The molecular weight excluding hydrogens is 215 g/mol. The van der Waals surface area contributed by atoms with Crippen molar-refractivity contribution in [2.45, 2.75) is 32.3 Å². The van der Waals surface area contributed by atoms with Crippen molar-refractivity contribution in [2.24, 2.45) is 5.41 Å². The average molecular weight is 229 g/mol. The summed E-state index contributed by atoms with van der Waals surface area (Å²) in [4.78, 5) is 0. The van der Waals surface area contributed by atoms with Gasteiger partial charge in [0.15, 0.2) is 0 Å². The lowest BCUT2D eigenvalue weighted by Gasteiger charge is -2.17. The maximum atomic E-state index is 13.4. The van der Waals surface area contributed by atoms with E-state index >= 15 is 0 Å². The summed E-state index contributed by atoms with van der Waals surface area (Å²) in [6, 6.07) is 4.46. The SMILES string of the molecule is CC1(C(O)Cc2cc(Cl)ccc2F)CC1. The molecule has 1 unspecified atom stereocenters. The van der Waals surface area contributed by atoms with Gasteiger partial charge in [0, 0.05) is 11.4 Å². The fourth-order valence-corrected chi connectivity index (χ4v) is 1.88. The highest BCUT2D eigenvalue weighted by molar-refractivity contribution is 6.30. The van der Waals surface area contributed by atoms with Crippen molar-refractivity contribution in [3.05, 3.63) is 34.6 Å². The van der Waals surface area contributed by atoms with Gasteiger partial charge in [-0.3, -0.25) is 0 Å². The average Bonchev–Trinajstić information content (AvgIpc) is 2.91. The normalized spacial score (nSPS) is 20.0. The Morgan fingerprint density at radius 1 is 1.53 bits per heavy atom. The first-order valence-corrected chi connectivity index (χ1v) is 5.51. The molecule has 1 aliphatic rings. The summed E-state index contributed by atoms with van der Waals surface area (Å²) < 4.78 is 13.4. The monoisotopic (exact) mass is 228 g/mol. The Bertz CT molecular complexity index is 374. The Balaban J connectivity index is 2.13. The van der Waals surface area contributed by atoms with Crippen molar-refractivity contribution in [3.8, 4) is 0 Å². The fourth-order valence-electron chi connectivity index (χ4n) is 1.68. The van der Waals surface area contributed by atoms with Crippen LogP contribution in [0.25, 0.3) is 0 Å². The minimum atomic E-state index is -0.467. The van der Waals surface area contributed by atoms with Gasteiger partial charge in [0.05, 0.1) is 6.10 Å². The largest absolute Gasteiger partial charge is 0.392 e. The molecule has 0 bridgehead atoms. The van der Waals surface area contributed by atoms with Crippen LogP contribution in [-0.2, 0) is 6.42 Å². The molecule has 1 aromatic carbocycles. The smallest absolute Gasteiger partial charge is 0.126 e. The third kappa shape index (κ3) is 2.32. The third-order valence-corrected chi connectivity index (χ3v) is 3.50. The van der Waals surface area contributed by atoms with Crippen LogP contribution in [0.3, 0.4) is 0 Å². The molecular formula is C12H14ClFO. The molecule has 1 saturated carbocycles. The highest BCUT2D eigenvalue weighted by atomic mass is 35.5. The molecule has 0 aromatic heterocycles. The van der Waals surface area contributed by atoms with E-state index in [0.29, 0.717) is 17.0 Å². The molecule has 0 saturated heterocycles. The van der Waals surface area contributed by atoms with E-state index in [1.807, 2.05) is 6.92 Å². The standard InChI is InChI=1S/C12H14ClFO/c1-12(4-5-12)11(15)7-8-6-9(13)2-3-10(8)14/h2-3,6,11,15H,4-5,7H2,1H3. The molecule has 2 rings (SSSR count). The zero-order valence-corrected chi connectivity index (χ0v) is 9.39. The maximum absolute atomic E-state index is 13.4. The summed E-state index contributed by atoms with van der Waals surface area (Å²) >= 11 is 5.78. The van der Waals surface area contributed by atoms with Crippen LogP contribution in [0.5, 0.6) is 0 Å². The zero-order chi connectivity index (χ0) is 11.1. The molecule has 0 spiro atoms. The Morgan fingerprint density at radius 2 is 2.20 bits per heavy atom. The van der Waals surface area contributed by atoms with Crippen LogP contribution in [0.2, 0.25) is 5.02 Å². The zero-order valence-electron chi connectivity index (χ0n) is 8.63. The van der Waals surface area contributed by atoms with Gasteiger partial charge in [-0.15, -0.1) is 0 Å². The lowest BCUT2D eigenvalue weighted by molar-refractivity contribution is 0.102. The van der Waals surface area contributed by atoms with Crippen LogP contribution in [0.15, 0.2) is 18.2 Å². The highest BCUT2D eigenvalue weighted by Crippen LogP contribution is 2.49. The van der Waals surface area contributed by atoms with Gasteiger partial charge < -0.3 is 5.11 Å². The van der Waals surface area contributed by atoms with Crippen molar-refractivity contribution in [2.75, 3.05) is 0 Å². The van der Waals surface area contributed by atoms with E-state index < -0.39 is 6.10 Å². The summed E-state index contributed by atoms with van der Waals surface area (Å²) in [5.41, 5.74) is 0.498. The van der Waals surface area contributed by atoms with Gasteiger partial charge in [-0.2, -0.15) is 0 Å². The van der Waals surface area contributed by atoms with E-state index in [1.165, 1.54) is 12.1 Å². The predicted octanol–water partition coefficient (Wildman–Crippen LogP) is 3.18. The number of hydrogen-bond acceptors (Lipinski definition) is 1. The Kier molecular flexibility index (Phi) is 2.73. The van der Waals surface area contributed by atoms with Crippen LogP contribution in [0, 0.1) is 11.2 Å². The first kappa shape index (κ1) is 10.9. The number of hydrogen-bond donors (Lipinski definition) is 1. The molecule has 1 aromatic rings. The summed E-state index contributed by atoms with van der Waals surface area (Å²) in [5.74, 6) is -0.289. The maximum Gasteiger partial charge on any atom is 0.126 e. The van der Waals surface area contributed by atoms with Gasteiger partial charge in [-0.1, -0.05) is 18.5 Å². The number of halogens is 2. The molecule has 1 N–H and O–H groups in total. The van der Waals surface area contributed by atoms with Crippen molar-refractivity contribution < 1.29 is 9.50 Å². The predicted molar refractivity (Wildman–Crippen MR) is 58.5 cm³/mol. The van der Waals surface area contributed by atoms with E-state index in [0.717, 1.165) is 12.8 Å². The lowest BCUT2D eigenvalue weighted by Crippen LogP contribution is -2.22. The molecule has 15 heavy (non-hydrogen) atoms. The Labute approximate surface area is 93.9 Å². The number of aliphatic hydroxyl groups is 1. The number of rotatable bonds is 3. The molecule has 1 fully saturated rings. The van der Waals surface area contributed by atoms with E-state index in [-0.39, 0.29) is 11.2 Å². The molecule has 0 radical (unpaired) electrons. The van der Waals surface area contributed by atoms with Gasteiger partial charge in [0.1, 0.15) is 5.82 Å². The molecule has 0 aliphatic heterocycles. The lowest BCUT2D eigenvalue weighted by atomic mass is 9.95. The summed E-state index contributed by atoms with van der Waals surface area (Å²) in [6.07, 6.45) is 1.93. The van der Waals surface area contributed by atoms with Crippen molar-refractivity contribution in [3.63, 3.8) is 0 Å². The van der Waals surface area contributed by atoms with Gasteiger partial charge in [-0.05, 0) is 42.0 Å². The van der Waals surface area contributed by atoms with Gasteiger partial charge >= 0.3 is 0 Å².